The summed E-state index contributed by atoms with van der Waals surface area (Å²) in [5, 5.41) is 14.7. The van der Waals surface area contributed by atoms with Crippen molar-refractivity contribution < 1.29 is 22.9 Å². The van der Waals surface area contributed by atoms with Crippen LogP contribution in [0.4, 0.5) is 11.4 Å². The molecule has 1 aliphatic carbocycles. The molecule has 2 aromatic carbocycles. The number of benzene rings is 2. The summed E-state index contributed by atoms with van der Waals surface area (Å²) in [5.74, 6) is -1.09. The van der Waals surface area contributed by atoms with Gasteiger partial charge in [-0.05, 0) is 38.0 Å². The first kappa shape index (κ1) is 28.7. The molecule has 0 heterocycles. The van der Waals surface area contributed by atoms with E-state index in [1.807, 2.05) is 0 Å². The molecule has 1 saturated carbocycles. The molecule has 0 aromatic heterocycles. The van der Waals surface area contributed by atoms with Crippen molar-refractivity contribution in [1.82, 2.24) is 10.2 Å². The minimum atomic E-state index is -4.03. The van der Waals surface area contributed by atoms with Crippen molar-refractivity contribution >= 4 is 56.4 Å². The largest absolute Gasteiger partial charge is 0.352 e. The number of non-ortho nitro benzene ring substituents is 1. The van der Waals surface area contributed by atoms with Gasteiger partial charge in [0.25, 0.3) is 5.69 Å². The fourth-order valence-electron chi connectivity index (χ4n) is 4.20. The second-order valence-corrected chi connectivity index (χ2v) is 11.7. The Morgan fingerprint density at radius 2 is 1.73 bits per heavy atom. The van der Waals surface area contributed by atoms with Crippen LogP contribution in [0.3, 0.4) is 0 Å². The predicted molar refractivity (Wildman–Crippen MR) is 142 cm³/mol. The maximum absolute atomic E-state index is 13.6. The molecular formula is C24H28Cl2N4O6S. The number of anilines is 1. The molecule has 1 unspecified atom stereocenters. The molecule has 2 aromatic rings. The maximum atomic E-state index is 13.6. The summed E-state index contributed by atoms with van der Waals surface area (Å²) in [6.07, 6.45) is 4.59. The molecule has 3 rings (SSSR count). The van der Waals surface area contributed by atoms with Gasteiger partial charge in [-0.1, -0.05) is 48.2 Å². The lowest BCUT2D eigenvalue weighted by Gasteiger charge is -2.32. The van der Waals surface area contributed by atoms with E-state index in [1.165, 1.54) is 23.1 Å². The highest BCUT2D eigenvalue weighted by atomic mass is 35.5. The third-order valence-electron chi connectivity index (χ3n) is 6.27. The van der Waals surface area contributed by atoms with Crippen molar-refractivity contribution in [1.29, 1.82) is 0 Å². The predicted octanol–water partition coefficient (Wildman–Crippen LogP) is 4.14. The summed E-state index contributed by atoms with van der Waals surface area (Å²) in [7, 11) is -4.03. The van der Waals surface area contributed by atoms with Gasteiger partial charge in [0.05, 0.1) is 16.9 Å². The number of nitrogens with zero attached hydrogens (tertiary/aromatic N) is 3. The van der Waals surface area contributed by atoms with Crippen LogP contribution < -0.4 is 9.62 Å². The molecule has 13 heteroatoms. The highest BCUT2D eigenvalue weighted by Gasteiger charge is 2.32. The first-order chi connectivity index (χ1) is 17.4. The smallest absolute Gasteiger partial charge is 0.271 e. The molecule has 1 aliphatic rings. The van der Waals surface area contributed by atoms with Crippen molar-refractivity contribution in [3.63, 3.8) is 0 Å². The average Bonchev–Trinajstić information content (AvgIpc) is 3.34. The maximum Gasteiger partial charge on any atom is 0.271 e. The third kappa shape index (κ3) is 7.33. The monoisotopic (exact) mass is 570 g/mol. The number of amides is 2. The molecule has 10 nitrogen and oxygen atoms in total. The number of hydrogen-bond donors (Lipinski definition) is 1. The van der Waals surface area contributed by atoms with E-state index in [9.17, 15) is 28.1 Å². The Balaban J connectivity index is 1.95. The van der Waals surface area contributed by atoms with Gasteiger partial charge in [-0.3, -0.25) is 24.0 Å². The Bertz CT molecular complexity index is 1260. The molecule has 0 radical (unpaired) electrons. The van der Waals surface area contributed by atoms with Crippen LogP contribution in [0, 0.1) is 10.1 Å². The molecule has 1 N–H and O–H groups in total. The van der Waals surface area contributed by atoms with Crippen molar-refractivity contribution in [2.75, 3.05) is 17.1 Å². The second-order valence-electron chi connectivity index (χ2n) is 8.93. The second kappa shape index (κ2) is 12.1. The van der Waals surface area contributed by atoms with Crippen LogP contribution in [-0.4, -0.2) is 54.9 Å². The zero-order valence-electron chi connectivity index (χ0n) is 20.4. The average molecular weight is 571 g/mol. The molecule has 2 amide bonds. The highest BCUT2D eigenvalue weighted by molar-refractivity contribution is 7.92. The summed E-state index contributed by atoms with van der Waals surface area (Å²) in [6, 6.07) is 8.83. The standard InChI is InChI=1S/C24H28Cl2N4O6S/c1-16(24(32)27-17-7-3-4-8-17)28(14-20-21(25)11-6-12-22(20)26)23(31)15-29(37(2,35)36)18-9-5-10-19(13-18)30(33)34/h5-6,9-13,16-17H,3-4,7-8,14-15H2,1-2H3,(H,27,32). The summed E-state index contributed by atoms with van der Waals surface area (Å²) in [5.41, 5.74) is 0.0207. The van der Waals surface area contributed by atoms with Gasteiger partial charge in [0.2, 0.25) is 21.8 Å². The number of halogens is 2. The highest BCUT2D eigenvalue weighted by Crippen LogP contribution is 2.28. The van der Waals surface area contributed by atoms with Gasteiger partial charge in [-0.2, -0.15) is 0 Å². The number of nitro groups is 1. The molecule has 37 heavy (non-hydrogen) atoms. The Morgan fingerprint density at radius 1 is 1.14 bits per heavy atom. The summed E-state index contributed by atoms with van der Waals surface area (Å²) < 4.78 is 26.0. The van der Waals surface area contributed by atoms with E-state index < -0.39 is 33.4 Å². The molecule has 0 aliphatic heterocycles. The number of rotatable bonds is 10. The summed E-state index contributed by atoms with van der Waals surface area (Å²) >= 11 is 12.7. The van der Waals surface area contributed by atoms with E-state index in [0.717, 1.165) is 42.3 Å². The van der Waals surface area contributed by atoms with Crippen LogP contribution in [0.1, 0.15) is 38.2 Å². The van der Waals surface area contributed by atoms with E-state index in [0.29, 0.717) is 5.56 Å². The van der Waals surface area contributed by atoms with Crippen molar-refractivity contribution in [2.45, 2.75) is 51.2 Å². The SMILES string of the molecule is CC(C(=O)NC1CCCC1)N(Cc1c(Cl)cccc1Cl)C(=O)CN(c1cccc([N+](=O)[O-])c1)S(C)(=O)=O. The normalized spacial score (nSPS) is 14.7. The minimum absolute atomic E-state index is 0.00758. The Labute approximate surface area is 225 Å². The van der Waals surface area contributed by atoms with Crippen LogP contribution in [0.2, 0.25) is 10.0 Å². The topological polar surface area (TPSA) is 130 Å². The quantitative estimate of drug-likeness (QED) is 0.337. The number of carbonyl (C=O) groups is 2. The van der Waals surface area contributed by atoms with Gasteiger partial charge in [-0.15, -0.1) is 0 Å². The van der Waals surface area contributed by atoms with Gasteiger partial charge >= 0.3 is 0 Å². The number of carbonyl (C=O) groups excluding carboxylic acids is 2. The van der Waals surface area contributed by atoms with E-state index >= 15 is 0 Å². The van der Waals surface area contributed by atoms with Gasteiger partial charge in [0.15, 0.2) is 0 Å². The lowest BCUT2D eigenvalue weighted by molar-refractivity contribution is -0.384. The van der Waals surface area contributed by atoms with E-state index in [-0.39, 0.29) is 39.9 Å². The summed E-state index contributed by atoms with van der Waals surface area (Å²) in [6.45, 7) is 0.706. The minimum Gasteiger partial charge on any atom is -0.352 e. The van der Waals surface area contributed by atoms with Gasteiger partial charge < -0.3 is 10.2 Å². The third-order valence-corrected chi connectivity index (χ3v) is 8.12. The van der Waals surface area contributed by atoms with E-state index in [1.54, 1.807) is 25.1 Å². The molecule has 1 fully saturated rings. The lowest BCUT2D eigenvalue weighted by Crippen LogP contribution is -2.52. The van der Waals surface area contributed by atoms with Gasteiger partial charge in [-0.25, -0.2) is 8.42 Å². The molecule has 0 bridgehead atoms. The number of sulfonamides is 1. The molecule has 0 spiro atoms. The Hall–Kier alpha value is -2.89. The zero-order valence-corrected chi connectivity index (χ0v) is 22.7. The first-order valence-corrected chi connectivity index (χ1v) is 14.2. The Kier molecular flexibility index (Phi) is 9.38. The first-order valence-electron chi connectivity index (χ1n) is 11.6. The molecule has 200 valence electrons. The number of hydrogen-bond acceptors (Lipinski definition) is 6. The van der Waals surface area contributed by atoms with Crippen LogP contribution in [-0.2, 0) is 26.2 Å². The summed E-state index contributed by atoms with van der Waals surface area (Å²) in [4.78, 5) is 38.5. The zero-order chi connectivity index (χ0) is 27.3. The van der Waals surface area contributed by atoms with Crippen molar-refractivity contribution in [3.05, 3.63) is 68.2 Å². The number of nitro benzene ring substituents is 1. The fraction of sp³-hybridized carbons (Fsp3) is 0.417. The van der Waals surface area contributed by atoms with Crippen LogP contribution in [0.25, 0.3) is 0 Å². The Morgan fingerprint density at radius 3 is 2.30 bits per heavy atom. The van der Waals surface area contributed by atoms with E-state index in [2.05, 4.69) is 5.32 Å². The number of nitrogens with one attached hydrogen (secondary N) is 1. The van der Waals surface area contributed by atoms with Crippen molar-refractivity contribution in [3.8, 4) is 0 Å². The molecule has 1 atom stereocenters. The van der Waals surface area contributed by atoms with Gasteiger partial charge in [0, 0.05) is 40.3 Å². The van der Waals surface area contributed by atoms with Crippen molar-refractivity contribution in [2.24, 2.45) is 0 Å². The molecule has 0 saturated heterocycles. The van der Waals surface area contributed by atoms with Crippen LogP contribution >= 0.6 is 23.2 Å². The van der Waals surface area contributed by atoms with Crippen LogP contribution in [0.15, 0.2) is 42.5 Å². The molecular weight excluding hydrogens is 543 g/mol. The lowest BCUT2D eigenvalue weighted by atomic mass is 10.1. The van der Waals surface area contributed by atoms with Crippen LogP contribution in [0.5, 0.6) is 0 Å². The fourth-order valence-corrected chi connectivity index (χ4v) is 5.56. The van der Waals surface area contributed by atoms with E-state index in [4.69, 9.17) is 23.2 Å². The van der Waals surface area contributed by atoms with Gasteiger partial charge in [0.1, 0.15) is 12.6 Å².